The molecule has 0 bridgehead atoms. The lowest BCUT2D eigenvalue weighted by atomic mass is 10.2. The Morgan fingerprint density at radius 1 is 1.00 bits per heavy atom. The fraction of sp³-hybridized carbons (Fsp3) is 0.294. The summed E-state index contributed by atoms with van der Waals surface area (Å²) in [5, 5.41) is 4.03. The molecule has 3 rings (SSSR count). The molecule has 5 heteroatoms. The van der Waals surface area contributed by atoms with Crippen molar-refractivity contribution in [3.63, 3.8) is 0 Å². The molecule has 2 aromatic carbocycles. The highest BCUT2D eigenvalue weighted by Crippen LogP contribution is 2.37. The van der Waals surface area contributed by atoms with E-state index in [1.165, 1.54) is 5.56 Å². The number of hydrogen-bond acceptors (Lipinski definition) is 3. The second-order valence-corrected chi connectivity index (χ2v) is 6.51. The summed E-state index contributed by atoms with van der Waals surface area (Å²) in [5.41, 5.74) is 2.33. The van der Waals surface area contributed by atoms with E-state index in [4.69, 9.17) is 21.1 Å². The number of benzene rings is 2. The zero-order valence-electron chi connectivity index (χ0n) is 12.1. The summed E-state index contributed by atoms with van der Waals surface area (Å²) in [4.78, 5) is 0. The maximum Gasteiger partial charge on any atom is 0.179 e. The second kappa shape index (κ2) is 7.36. The first kappa shape index (κ1) is 15.7. The first-order valence-corrected chi connectivity index (χ1v) is 8.42. The predicted molar refractivity (Wildman–Crippen MR) is 91.7 cm³/mol. The third kappa shape index (κ3) is 3.94. The van der Waals surface area contributed by atoms with Crippen molar-refractivity contribution in [2.24, 2.45) is 0 Å². The Bertz CT molecular complexity index is 646. The lowest BCUT2D eigenvalue weighted by Gasteiger charge is -2.12. The molecule has 116 valence electrons. The Morgan fingerprint density at radius 3 is 2.55 bits per heavy atom. The van der Waals surface area contributed by atoms with Crippen LogP contribution >= 0.6 is 27.5 Å². The van der Waals surface area contributed by atoms with Crippen molar-refractivity contribution in [1.29, 1.82) is 0 Å². The number of nitrogens with one attached hydrogen (secondary N) is 1. The first-order chi connectivity index (χ1) is 10.7. The molecule has 0 amide bonds. The summed E-state index contributed by atoms with van der Waals surface area (Å²) in [6.45, 7) is 2.85. The van der Waals surface area contributed by atoms with Crippen LogP contribution in [-0.2, 0) is 13.1 Å². The standard InChI is InChI=1S/C17H17BrClNO2/c18-14-4-2-12(3-5-14)10-20-11-13-8-15(19)17-16(9-13)21-6-1-7-22-17/h2-5,8-9,20H,1,6-7,10-11H2. The summed E-state index contributed by atoms with van der Waals surface area (Å²) in [5.74, 6) is 1.40. The van der Waals surface area contributed by atoms with Crippen molar-refractivity contribution in [3.05, 3.63) is 57.0 Å². The Hall–Kier alpha value is -1.23. The Balaban J connectivity index is 1.64. The molecular weight excluding hydrogens is 366 g/mol. The minimum Gasteiger partial charge on any atom is -0.489 e. The Labute approximate surface area is 143 Å². The molecule has 1 N–H and O–H groups in total. The highest BCUT2D eigenvalue weighted by molar-refractivity contribution is 9.10. The van der Waals surface area contributed by atoms with Gasteiger partial charge in [-0.25, -0.2) is 0 Å². The first-order valence-electron chi connectivity index (χ1n) is 7.25. The van der Waals surface area contributed by atoms with Crippen LogP contribution in [0.4, 0.5) is 0 Å². The number of hydrogen-bond donors (Lipinski definition) is 1. The van der Waals surface area contributed by atoms with E-state index >= 15 is 0 Å². The number of ether oxygens (including phenoxy) is 2. The zero-order valence-corrected chi connectivity index (χ0v) is 14.4. The van der Waals surface area contributed by atoms with Crippen LogP contribution in [-0.4, -0.2) is 13.2 Å². The Kier molecular flexibility index (Phi) is 5.24. The van der Waals surface area contributed by atoms with Gasteiger partial charge in [-0.3, -0.25) is 0 Å². The van der Waals surface area contributed by atoms with Gasteiger partial charge in [-0.05, 0) is 35.4 Å². The number of halogens is 2. The monoisotopic (exact) mass is 381 g/mol. The zero-order chi connectivity index (χ0) is 15.4. The van der Waals surface area contributed by atoms with Crippen LogP contribution in [0, 0.1) is 0 Å². The van der Waals surface area contributed by atoms with Gasteiger partial charge < -0.3 is 14.8 Å². The van der Waals surface area contributed by atoms with E-state index in [0.29, 0.717) is 24.0 Å². The van der Waals surface area contributed by atoms with E-state index in [9.17, 15) is 0 Å². The van der Waals surface area contributed by atoms with E-state index in [-0.39, 0.29) is 0 Å². The molecule has 1 heterocycles. The van der Waals surface area contributed by atoms with Crippen LogP contribution in [0.2, 0.25) is 5.02 Å². The summed E-state index contributed by atoms with van der Waals surface area (Å²) >= 11 is 9.73. The fourth-order valence-electron chi connectivity index (χ4n) is 2.34. The molecule has 0 unspecified atom stereocenters. The molecule has 0 atom stereocenters. The molecule has 0 spiro atoms. The van der Waals surface area contributed by atoms with E-state index in [1.54, 1.807) is 0 Å². The van der Waals surface area contributed by atoms with Gasteiger partial charge in [-0.15, -0.1) is 0 Å². The largest absolute Gasteiger partial charge is 0.489 e. The van der Waals surface area contributed by atoms with Crippen LogP contribution < -0.4 is 14.8 Å². The third-order valence-corrected chi connectivity index (χ3v) is 4.24. The average molecular weight is 383 g/mol. The predicted octanol–water partition coefficient (Wildman–Crippen LogP) is 4.55. The summed E-state index contributed by atoms with van der Waals surface area (Å²) < 4.78 is 12.4. The van der Waals surface area contributed by atoms with Crippen molar-refractivity contribution in [1.82, 2.24) is 5.32 Å². The molecule has 0 aromatic heterocycles. The van der Waals surface area contributed by atoms with Crippen molar-refractivity contribution >= 4 is 27.5 Å². The SMILES string of the molecule is Clc1cc(CNCc2ccc(Br)cc2)cc2c1OCCCO2. The molecule has 1 aliphatic rings. The van der Waals surface area contributed by atoms with E-state index in [1.807, 2.05) is 24.3 Å². The molecule has 0 fully saturated rings. The van der Waals surface area contributed by atoms with Crippen LogP contribution in [0.15, 0.2) is 40.9 Å². The molecule has 0 saturated carbocycles. The second-order valence-electron chi connectivity index (χ2n) is 5.19. The van der Waals surface area contributed by atoms with E-state index in [0.717, 1.165) is 35.3 Å². The van der Waals surface area contributed by atoms with E-state index < -0.39 is 0 Å². The van der Waals surface area contributed by atoms with Crippen LogP contribution in [0.3, 0.4) is 0 Å². The highest BCUT2D eigenvalue weighted by atomic mass is 79.9. The van der Waals surface area contributed by atoms with Gasteiger partial charge in [0, 0.05) is 24.0 Å². The van der Waals surface area contributed by atoms with Crippen molar-refractivity contribution in [3.8, 4) is 11.5 Å². The van der Waals surface area contributed by atoms with Gasteiger partial charge in [0.25, 0.3) is 0 Å². The van der Waals surface area contributed by atoms with Gasteiger partial charge in [0.05, 0.1) is 18.2 Å². The molecule has 0 aliphatic carbocycles. The summed E-state index contributed by atoms with van der Waals surface area (Å²) in [6.07, 6.45) is 0.877. The smallest absolute Gasteiger partial charge is 0.179 e. The van der Waals surface area contributed by atoms with Gasteiger partial charge in [0.1, 0.15) is 0 Å². The molecule has 0 radical (unpaired) electrons. The van der Waals surface area contributed by atoms with Crippen molar-refractivity contribution < 1.29 is 9.47 Å². The van der Waals surface area contributed by atoms with Gasteiger partial charge in [0.2, 0.25) is 0 Å². The van der Waals surface area contributed by atoms with E-state index in [2.05, 4.69) is 33.4 Å². The third-order valence-electron chi connectivity index (χ3n) is 3.43. The number of fused-ring (bicyclic) bond motifs is 1. The summed E-state index contributed by atoms with van der Waals surface area (Å²) in [7, 11) is 0. The molecule has 0 saturated heterocycles. The fourth-order valence-corrected chi connectivity index (χ4v) is 2.89. The maximum atomic E-state index is 6.30. The molecular formula is C17H17BrClNO2. The van der Waals surface area contributed by atoms with Crippen LogP contribution in [0.25, 0.3) is 0 Å². The molecule has 1 aliphatic heterocycles. The van der Waals surface area contributed by atoms with Crippen molar-refractivity contribution in [2.75, 3.05) is 13.2 Å². The van der Waals surface area contributed by atoms with Crippen LogP contribution in [0.5, 0.6) is 11.5 Å². The molecule has 3 nitrogen and oxygen atoms in total. The topological polar surface area (TPSA) is 30.5 Å². The minimum atomic E-state index is 0.611. The van der Waals surface area contributed by atoms with Gasteiger partial charge in [0.15, 0.2) is 11.5 Å². The van der Waals surface area contributed by atoms with Gasteiger partial charge >= 0.3 is 0 Å². The molecule has 22 heavy (non-hydrogen) atoms. The van der Waals surface area contributed by atoms with Gasteiger partial charge in [-0.1, -0.05) is 39.7 Å². The van der Waals surface area contributed by atoms with Gasteiger partial charge in [-0.2, -0.15) is 0 Å². The van der Waals surface area contributed by atoms with Crippen LogP contribution in [0.1, 0.15) is 17.5 Å². The maximum absolute atomic E-state index is 6.30. The number of rotatable bonds is 4. The highest BCUT2D eigenvalue weighted by Gasteiger charge is 2.15. The quantitative estimate of drug-likeness (QED) is 0.841. The van der Waals surface area contributed by atoms with Crippen molar-refractivity contribution in [2.45, 2.75) is 19.5 Å². The Morgan fingerprint density at radius 2 is 1.73 bits per heavy atom. The lowest BCUT2D eigenvalue weighted by Crippen LogP contribution is -2.12. The minimum absolute atomic E-state index is 0.611. The molecule has 2 aromatic rings. The lowest BCUT2D eigenvalue weighted by molar-refractivity contribution is 0.297. The summed E-state index contributed by atoms with van der Waals surface area (Å²) in [6, 6.07) is 12.2. The average Bonchev–Trinajstić information content (AvgIpc) is 2.75. The normalized spacial score (nSPS) is 13.7.